The van der Waals surface area contributed by atoms with Crippen molar-refractivity contribution in [3.8, 4) is 0 Å². The highest BCUT2D eigenvalue weighted by molar-refractivity contribution is 8.01. The van der Waals surface area contributed by atoms with E-state index >= 15 is 0 Å². The zero-order valence-electron chi connectivity index (χ0n) is 25.3. The number of β-lactam (4-membered cyclic amide) rings is 1. The number of nitrogens with one attached hydrogen (secondary N) is 1. The molecule has 2 aliphatic heterocycles. The minimum atomic E-state index is -1.14. The Labute approximate surface area is 273 Å². The molecule has 18 heteroatoms. The Morgan fingerprint density at radius 3 is 2.73 bits per heavy atom. The molecule has 45 heavy (non-hydrogen) atoms. The number of thioether (sulfide) groups is 2. The number of esters is 2. The number of tetrazole rings is 1. The van der Waals surface area contributed by atoms with Crippen LogP contribution in [0.25, 0.3) is 0 Å². The molecule has 0 spiro atoms. The first-order valence-electron chi connectivity index (χ1n) is 14.7. The summed E-state index contributed by atoms with van der Waals surface area (Å²) in [7, 11) is 3.91. The van der Waals surface area contributed by atoms with Gasteiger partial charge in [0.1, 0.15) is 17.1 Å². The summed E-state index contributed by atoms with van der Waals surface area (Å²) in [4.78, 5) is 59.7. The number of thiazole rings is 1. The fraction of sp³-hybridized carbons (Fsp3) is 0.630. The van der Waals surface area contributed by atoms with Crippen LogP contribution in [0.1, 0.15) is 44.7 Å². The van der Waals surface area contributed by atoms with E-state index in [2.05, 4.69) is 25.8 Å². The fourth-order valence-electron chi connectivity index (χ4n) is 5.38. The normalized spacial score (nSPS) is 20.6. The molecule has 2 aromatic rings. The highest BCUT2D eigenvalue weighted by atomic mass is 32.2. The second kappa shape index (κ2) is 14.9. The Balaban J connectivity index is 1.28. The number of ether oxygens (including phenoxy) is 2. The van der Waals surface area contributed by atoms with Crippen LogP contribution in [0.2, 0.25) is 0 Å². The van der Waals surface area contributed by atoms with Gasteiger partial charge in [-0.3, -0.25) is 19.3 Å². The Kier molecular flexibility index (Phi) is 11.0. The van der Waals surface area contributed by atoms with Gasteiger partial charge in [-0.2, -0.15) is 0 Å². The summed E-state index contributed by atoms with van der Waals surface area (Å²) < 4.78 is 12.7. The number of amides is 2. The molecule has 3 N–H and O–H groups in total. The molecule has 1 saturated heterocycles. The lowest BCUT2D eigenvalue weighted by molar-refractivity contribution is -0.184. The van der Waals surface area contributed by atoms with Crippen LogP contribution in [0.15, 0.2) is 21.8 Å². The quantitative estimate of drug-likeness (QED) is 0.126. The number of aromatic nitrogens is 5. The summed E-state index contributed by atoms with van der Waals surface area (Å²) in [5.41, 5.74) is 6.91. The molecule has 3 aliphatic rings. The van der Waals surface area contributed by atoms with E-state index in [0.717, 1.165) is 32.2 Å². The van der Waals surface area contributed by atoms with Gasteiger partial charge in [-0.1, -0.05) is 24.6 Å². The molecule has 2 aromatic heterocycles. The highest BCUT2D eigenvalue weighted by Gasteiger charge is 2.54. The maximum atomic E-state index is 13.6. The molecule has 244 valence electrons. The number of nitrogens with two attached hydrogens (primary N) is 1. The zero-order valence-corrected chi connectivity index (χ0v) is 27.8. The standard InChI is InChI=1S/C27H37N9O6S3/c1-15(41-20(38)10-16-6-4-5-7-16)42-25(40)22-17(13-45-27-31-32-33-35(27)9-8-34(2)3)12-43-24-21(23(39)36(22)24)30-19(37)11-18-14-44-26(28)29-18/h14-16,21,24H,4-13H2,1-3H3,(H2,28,29)(H,30,37)/t15?,21-,24-/m1/s1. The number of hydrogen-bond acceptors (Lipinski definition) is 15. The topological polar surface area (TPSA) is 188 Å². The maximum Gasteiger partial charge on any atom is 0.358 e. The molecule has 1 aliphatic carbocycles. The lowest BCUT2D eigenvalue weighted by Gasteiger charge is -2.49. The smallest absolute Gasteiger partial charge is 0.358 e. The van der Waals surface area contributed by atoms with Gasteiger partial charge < -0.3 is 25.4 Å². The van der Waals surface area contributed by atoms with Crippen LogP contribution >= 0.6 is 34.9 Å². The minimum Gasteiger partial charge on any atom is -0.425 e. The van der Waals surface area contributed by atoms with Crippen LogP contribution in [0, 0.1) is 5.92 Å². The minimum absolute atomic E-state index is 0.0201. The van der Waals surface area contributed by atoms with Crippen LogP contribution in [-0.4, -0.2) is 109 Å². The average Bonchev–Trinajstić information content (AvgIpc) is 3.76. The first kappa shape index (κ1) is 33.2. The number of fused-ring (bicyclic) bond motifs is 1. The number of likely N-dealkylation sites (N-methyl/N-ethyl adjacent to an activating group) is 1. The van der Waals surface area contributed by atoms with E-state index in [1.165, 1.54) is 46.7 Å². The summed E-state index contributed by atoms with van der Waals surface area (Å²) in [6.45, 7) is 2.80. The van der Waals surface area contributed by atoms with E-state index in [0.29, 0.717) is 39.6 Å². The van der Waals surface area contributed by atoms with Gasteiger partial charge in [-0.25, -0.2) is 14.5 Å². The van der Waals surface area contributed by atoms with Gasteiger partial charge in [0, 0.05) is 36.8 Å². The van der Waals surface area contributed by atoms with E-state index < -0.39 is 35.6 Å². The molecule has 1 saturated carbocycles. The van der Waals surface area contributed by atoms with Crippen molar-refractivity contribution in [2.75, 3.05) is 37.9 Å². The molecular weight excluding hydrogens is 643 g/mol. The fourth-order valence-corrected chi connectivity index (χ4v) is 8.33. The van der Waals surface area contributed by atoms with Crippen LogP contribution in [0.3, 0.4) is 0 Å². The molecular formula is C27H37N9O6S3. The van der Waals surface area contributed by atoms with Gasteiger partial charge >= 0.3 is 11.9 Å². The summed E-state index contributed by atoms with van der Waals surface area (Å²) in [5.74, 6) is -1.01. The lowest BCUT2D eigenvalue weighted by atomic mass is 10.0. The van der Waals surface area contributed by atoms with Crippen molar-refractivity contribution in [1.29, 1.82) is 0 Å². The number of carbonyl (C=O) groups excluding carboxylic acids is 4. The first-order valence-corrected chi connectivity index (χ1v) is 17.6. The molecule has 0 bridgehead atoms. The summed E-state index contributed by atoms with van der Waals surface area (Å²) >= 11 is 4.01. The molecule has 5 rings (SSSR count). The molecule has 0 aromatic carbocycles. The van der Waals surface area contributed by atoms with E-state index in [1.54, 1.807) is 10.1 Å². The third-order valence-corrected chi connectivity index (χ3v) is 10.7. The van der Waals surface area contributed by atoms with Gasteiger partial charge in [-0.15, -0.1) is 28.2 Å². The van der Waals surface area contributed by atoms with Crippen LogP contribution in [-0.2, 0) is 41.6 Å². The predicted octanol–water partition coefficient (Wildman–Crippen LogP) is 1.27. The molecule has 2 fully saturated rings. The Hall–Kier alpha value is -3.22. The lowest BCUT2D eigenvalue weighted by Crippen LogP contribution is -2.70. The summed E-state index contributed by atoms with van der Waals surface area (Å²) in [6.07, 6.45) is 3.30. The predicted molar refractivity (Wildman–Crippen MR) is 168 cm³/mol. The maximum absolute atomic E-state index is 13.6. The monoisotopic (exact) mass is 679 g/mol. The van der Waals surface area contributed by atoms with Crippen molar-refractivity contribution in [3.05, 3.63) is 22.3 Å². The number of anilines is 1. The van der Waals surface area contributed by atoms with Crippen LogP contribution < -0.4 is 11.1 Å². The second-order valence-corrected chi connectivity index (χ2v) is 14.3. The molecule has 15 nitrogen and oxygen atoms in total. The summed E-state index contributed by atoms with van der Waals surface area (Å²) in [6, 6.07) is -0.824. The Morgan fingerprint density at radius 1 is 1.24 bits per heavy atom. The van der Waals surface area contributed by atoms with Crippen molar-refractivity contribution < 1.29 is 28.7 Å². The van der Waals surface area contributed by atoms with Crippen molar-refractivity contribution >= 4 is 63.7 Å². The van der Waals surface area contributed by atoms with Gasteiger partial charge in [0.05, 0.1) is 18.7 Å². The van der Waals surface area contributed by atoms with Gasteiger partial charge in [-0.05, 0) is 48.9 Å². The largest absolute Gasteiger partial charge is 0.425 e. The van der Waals surface area contributed by atoms with E-state index in [9.17, 15) is 19.2 Å². The van der Waals surface area contributed by atoms with E-state index in [-0.39, 0.29) is 30.4 Å². The number of carbonyl (C=O) groups is 4. The SMILES string of the molecule is CC(OC(=O)CC1CCCC1)OC(=O)C1=C(CSc2nnnn2CCN(C)C)CS[C@@H]2[C@H](NC(=O)Cc3csc(N)n3)C(=O)N12. The number of nitrogen functional groups attached to an aromatic ring is 1. The molecule has 1 unspecified atom stereocenters. The second-order valence-electron chi connectivity index (χ2n) is 11.4. The van der Waals surface area contributed by atoms with Gasteiger partial charge in [0.25, 0.3) is 5.91 Å². The third kappa shape index (κ3) is 8.33. The molecule has 2 amide bonds. The van der Waals surface area contributed by atoms with Crippen molar-refractivity contribution in [3.63, 3.8) is 0 Å². The number of nitrogens with zero attached hydrogens (tertiary/aromatic N) is 7. The Bertz CT molecular complexity index is 1440. The summed E-state index contributed by atoms with van der Waals surface area (Å²) in [5, 5.41) is 16.8. The number of hydrogen-bond donors (Lipinski definition) is 2. The van der Waals surface area contributed by atoms with Gasteiger partial charge in [0.15, 0.2) is 5.13 Å². The van der Waals surface area contributed by atoms with Gasteiger partial charge in [0.2, 0.25) is 17.4 Å². The average molecular weight is 680 g/mol. The molecule has 4 heterocycles. The van der Waals surface area contributed by atoms with E-state index in [1.807, 2.05) is 19.0 Å². The Morgan fingerprint density at radius 2 is 2.02 bits per heavy atom. The number of rotatable bonds is 14. The molecule has 0 radical (unpaired) electrons. The van der Waals surface area contributed by atoms with Crippen molar-refractivity contribution in [2.45, 2.75) is 74.9 Å². The molecule has 3 atom stereocenters. The zero-order chi connectivity index (χ0) is 32.1. The highest BCUT2D eigenvalue weighted by Crippen LogP contribution is 2.42. The first-order chi connectivity index (χ1) is 21.6. The van der Waals surface area contributed by atoms with Crippen LogP contribution in [0.5, 0.6) is 0 Å². The van der Waals surface area contributed by atoms with Crippen molar-refractivity contribution in [1.82, 2.24) is 40.3 Å². The third-order valence-electron chi connectivity index (χ3n) is 7.60. The van der Waals surface area contributed by atoms with Crippen LogP contribution in [0.4, 0.5) is 5.13 Å². The van der Waals surface area contributed by atoms with E-state index in [4.69, 9.17) is 15.2 Å². The van der Waals surface area contributed by atoms with Crippen molar-refractivity contribution in [2.24, 2.45) is 5.92 Å².